The second-order valence-corrected chi connectivity index (χ2v) is 11.7. The molecule has 6 rings (SSSR count). The van der Waals surface area contributed by atoms with Crippen LogP contribution in [0.25, 0.3) is 0 Å². The number of nitrogens with one attached hydrogen (secondary N) is 2. The number of amides is 2. The van der Waals surface area contributed by atoms with Gasteiger partial charge in [0.1, 0.15) is 12.3 Å². The predicted octanol–water partition coefficient (Wildman–Crippen LogP) is 3.69. The summed E-state index contributed by atoms with van der Waals surface area (Å²) in [6.07, 6.45) is 3.42. The van der Waals surface area contributed by atoms with E-state index in [4.69, 9.17) is 42.9 Å². The molecule has 2 amide bonds. The maximum Gasteiger partial charge on any atom is 0.352 e. The number of aliphatic hydroxyl groups is 2. The Morgan fingerprint density at radius 2 is 1.26 bits per heavy atom. The first-order valence-corrected chi connectivity index (χ1v) is 15.6. The molecule has 1 fully saturated rings. The van der Waals surface area contributed by atoms with Gasteiger partial charge in [-0.3, -0.25) is 18.7 Å². The molecule has 262 valence electrons. The Morgan fingerprint density at radius 1 is 0.760 bits per heavy atom. The fourth-order valence-electron chi connectivity index (χ4n) is 4.79. The lowest BCUT2D eigenvalue weighted by molar-refractivity contribution is -0.0249. The van der Waals surface area contributed by atoms with Gasteiger partial charge in [0, 0.05) is 21.2 Å². The first-order valence-electron chi connectivity index (χ1n) is 14.9. The van der Waals surface area contributed by atoms with E-state index in [1.807, 2.05) is 0 Å². The third-order valence-electron chi connectivity index (χ3n) is 7.35. The first kappa shape index (κ1) is 36.4. The summed E-state index contributed by atoms with van der Waals surface area (Å²) < 4.78 is 41.2. The summed E-state index contributed by atoms with van der Waals surface area (Å²) in [6, 6.07) is 11.9. The number of benzene rings is 2. The van der Waals surface area contributed by atoms with E-state index in [0.29, 0.717) is 22.9 Å². The minimum Gasteiger partial charge on any atom is -0.394 e. The zero-order chi connectivity index (χ0) is 35.9. The summed E-state index contributed by atoms with van der Waals surface area (Å²) in [5, 5.41) is 23.5. The van der Waals surface area contributed by atoms with Gasteiger partial charge < -0.3 is 30.3 Å². The molecular formula is C32H28Cl2F2N6O8. The van der Waals surface area contributed by atoms with Crippen LogP contribution in [0.4, 0.5) is 20.4 Å². The van der Waals surface area contributed by atoms with Crippen molar-refractivity contribution < 1.29 is 38.1 Å². The zero-order valence-corrected chi connectivity index (χ0v) is 27.2. The molecular weight excluding hydrogens is 705 g/mol. The Morgan fingerprint density at radius 3 is 1.72 bits per heavy atom. The Hall–Kier alpha value is -4.84. The van der Waals surface area contributed by atoms with Gasteiger partial charge in [-0.25, -0.2) is 18.4 Å². The average Bonchev–Trinajstić information content (AvgIpc) is 3.79. The number of hydrogen-bond acceptors (Lipinski definition) is 10. The van der Waals surface area contributed by atoms with Gasteiger partial charge in [-0.1, -0.05) is 29.3 Å². The van der Waals surface area contributed by atoms with Gasteiger partial charge in [0.15, 0.2) is 29.5 Å². The topological polar surface area (TPSA) is 187 Å². The number of ether oxygens (including phenoxy) is 2. The number of rotatable bonds is 8. The molecule has 0 bridgehead atoms. The molecule has 4 atom stereocenters. The van der Waals surface area contributed by atoms with Gasteiger partial charge in [0.25, 0.3) is 11.8 Å². The number of hydrogen-bond donors (Lipinski definition) is 4. The molecule has 1 saturated heterocycles. The Kier molecular flexibility index (Phi) is 11.8. The van der Waals surface area contributed by atoms with Crippen molar-refractivity contribution in [1.29, 1.82) is 0 Å². The SMILES string of the molecule is O=C(Nc1nc(=O)n([C@H]2C=C[C@@H](CO)O2)cc1F)c1ccc(Cl)cc1.O=C(Nc1nc(=O)n([C@H]2CC[C@@H](CO)O2)cc1F)c1ccc(Cl)cc1. The van der Waals surface area contributed by atoms with Crippen LogP contribution >= 0.6 is 23.2 Å². The van der Waals surface area contributed by atoms with Gasteiger partial charge in [-0.05, 0) is 67.4 Å². The molecule has 4 N–H and O–H groups in total. The van der Waals surface area contributed by atoms with Crippen molar-refractivity contribution in [3.05, 3.63) is 127 Å². The third-order valence-corrected chi connectivity index (χ3v) is 7.85. The lowest BCUT2D eigenvalue weighted by atomic mass is 10.2. The molecule has 2 aromatic heterocycles. The van der Waals surface area contributed by atoms with E-state index in [2.05, 4.69) is 20.6 Å². The highest BCUT2D eigenvalue weighted by atomic mass is 35.5. The second-order valence-electron chi connectivity index (χ2n) is 10.8. The van der Waals surface area contributed by atoms with Crippen LogP contribution in [0.3, 0.4) is 0 Å². The smallest absolute Gasteiger partial charge is 0.352 e. The third kappa shape index (κ3) is 8.84. The summed E-state index contributed by atoms with van der Waals surface area (Å²) >= 11 is 11.5. The van der Waals surface area contributed by atoms with Crippen molar-refractivity contribution in [2.24, 2.45) is 0 Å². The fraction of sp³-hybridized carbons (Fsp3) is 0.250. The van der Waals surface area contributed by atoms with Crippen LogP contribution < -0.4 is 22.0 Å². The number of carbonyl (C=O) groups is 2. The van der Waals surface area contributed by atoms with Gasteiger partial charge in [-0.15, -0.1) is 0 Å². The van der Waals surface area contributed by atoms with E-state index < -0.39 is 65.0 Å². The quantitative estimate of drug-likeness (QED) is 0.195. The van der Waals surface area contributed by atoms with Crippen LogP contribution in [-0.4, -0.2) is 66.6 Å². The van der Waals surface area contributed by atoms with Crippen molar-refractivity contribution in [3.63, 3.8) is 0 Å². The monoisotopic (exact) mass is 732 g/mol. The van der Waals surface area contributed by atoms with Crippen molar-refractivity contribution in [1.82, 2.24) is 19.1 Å². The number of anilines is 2. The van der Waals surface area contributed by atoms with E-state index in [9.17, 15) is 28.0 Å². The average molecular weight is 734 g/mol. The molecule has 50 heavy (non-hydrogen) atoms. The van der Waals surface area contributed by atoms with Crippen molar-refractivity contribution in [2.45, 2.75) is 37.5 Å². The summed E-state index contributed by atoms with van der Waals surface area (Å²) in [5.74, 6) is -3.95. The van der Waals surface area contributed by atoms with E-state index in [1.54, 1.807) is 6.08 Å². The fourth-order valence-corrected chi connectivity index (χ4v) is 5.05. The van der Waals surface area contributed by atoms with E-state index in [0.717, 1.165) is 21.5 Å². The van der Waals surface area contributed by atoms with Crippen LogP contribution in [0.1, 0.15) is 46.0 Å². The van der Waals surface area contributed by atoms with Gasteiger partial charge >= 0.3 is 11.4 Å². The lowest BCUT2D eigenvalue weighted by Crippen LogP contribution is -2.30. The number of halogens is 4. The Labute approximate surface area is 291 Å². The van der Waals surface area contributed by atoms with Crippen LogP contribution in [0.2, 0.25) is 10.0 Å². The second kappa shape index (κ2) is 16.2. The molecule has 0 aliphatic carbocycles. The molecule has 2 aromatic carbocycles. The maximum absolute atomic E-state index is 14.2. The van der Waals surface area contributed by atoms with Crippen LogP contribution in [0.5, 0.6) is 0 Å². The molecule has 0 unspecified atom stereocenters. The minimum atomic E-state index is -0.897. The highest BCUT2D eigenvalue weighted by molar-refractivity contribution is 6.31. The molecule has 0 radical (unpaired) electrons. The molecule has 18 heteroatoms. The standard InChI is InChI=1S/C16H15ClFN3O4.C16H13ClFN3O4/c2*17-10-3-1-9(2-4-10)15(23)19-14-12(18)7-21(16(24)20-14)13-6-5-11(8-22)25-13/h1-4,7,11,13,22H,5-6,8H2,(H,19,20,23,24);1-7,11,13,22H,8H2,(H,19,20,23,24)/t2*11-,13+/m00/s1. The summed E-state index contributed by atoms with van der Waals surface area (Å²) in [6.45, 7) is -0.427. The van der Waals surface area contributed by atoms with Crippen LogP contribution in [0, 0.1) is 11.6 Å². The molecule has 0 spiro atoms. The van der Waals surface area contributed by atoms with E-state index >= 15 is 0 Å². The van der Waals surface area contributed by atoms with Crippen molar-refractivity contribution >= 4 is 46.7 Å². The zero-order valence-electron chi connectivity index (χ0n) is 25.7. The molecule has 2 aliphatic heterocycles. The van der Waals surface area contributed by atoms with Crippen LogP contribution in [-0.2, 0) is 9.47 Å². The minimum absolute atomic E-state index is 0.170. The number of aliphatic hydroxyl groups excluding tert-OH is 2. The number of aromatic nitrogens is 4. The molecule has 14 nitrogen and oxygen atoms in total. The van der Waals surface area contributed by atoms with E-state index in [1.165, 1.54) is 54.6 Å². The van der Waals surface area contributed by atoms with Gasteiger partial charge in [-0.2, -0.15) is 9.97 Å². The normalized spacial score (nSPS) is 19.5. The highest BCUT2D eigenvalue weighted by Crippen LogP contribution is 2.27. The summed E-state index contributed by atoms with van der Waals surface area (Å²) in [7, 11) is 0. The molecule has 0 saturated carbocycles. The van der Waals surface area contributed by atoms with Crippen molar-refractivity contribution in [3.8, 4) is 0 Å². The predicted molar refractivity (Wildman–Crippen MR) is 176 cm³/mol. The highest BCUT2D eigenvalue weighted by Gasteiger charge is 2.28. The molecule has 4 heterocycles. The number of carbonyl (C=O) groups excluding carboxylic acids is 2. The summed E-state index contributed by atoms with van der Waals surface area (Å²) in [4.78, 5) is 55.5. The lowest BCUT2D eigenvalue weighted by Gasteiger charge is -2.15. The Bertz CT molecular complexity index is 2010. The van der Waals surface area contributed by atoms with Crippen molar-refractivity contribution in [2.75, 3.05) is 23.8 Å². The Balaban J connectivity index is 0.000000194. The summed E-state index contributed by atoms with van der Waals surface area (Å²) in [5.41, 5.74) is -1.07. The number of nitrogens with zero attached hydrogens (tertiary/aromatic N) is 4. The van der Waals surface area contributed by atoms with Gasteiger partial charge in [0.05, 0.1) is 31.7 Å². The van der Waals surface area contributed by atoms with Crippen LogP contribution in [0.15, 0.2) is 82.7 Å². The van der Waals surface area contributed by atoms with E-state index in [-0.39, 0.29) is 30.4 Å². The molecule has 4 aromatic rings. The van der Waals surface area contributed by atoms with Gasteiger partial charge in [0.2, 0.25) is 0 Å². The first-order chi connectivity index (χ1) is 23.9. The molecule has 2 aliphatic rings. The largest absolute Gasteiger partial charge is 0.394 e. The maximum atomic E-state index is 14.2.